The second kappa shape index (κ2) is 6.84. The van der Waals surface area contributed by atoms with E-state index < -0.39 is 17.1 Å². The van der Waals surface area contributed by atoms with Gasteiger partial charge in [-0.25, -0.2) is 0 Å². The van der Waals surface area contributed by atoms with Gasteiger partial charge >= 0.3 is 25.2 Å². The van der Waals surface area contributed by atoms with Gasteiger partial charge in [-0.3, -0.25) is 4.79 Å². The van der Waals surface area contributed by atoms with Crippen LogP contribution in [0.3, 0.4) is 0 Å². The summed E-state index contributed by atoms with van der Waals surface area (Å²) in [7, 11) is 4.20. The van der Waals surface area contributed by atoms with Crippen LogP contribution in [0.25, 0.3) is 5.32 Å². The molecule has 1 rings (SSSR count). The second-order valence-corrected chi connectivity index (χ2v) is 2.51. The van der Waals surface area contributed by atoms with Crippen LogP contribution in [-0.4, -0.2) is 22.2 Å². The van der Waals surface area contributed by atoms with Gasteiger partial charge in [0.15, 0.2) is 0 Å². The van der Waals surface area contributed by atoms with Crippen LogP contribution in [0.1, 0.15) is 0 Å². The molecule has 0 fully saturated rings. The van der Waals surface area contributed by atoms with E-state index in [1.165, 1.54) is 18.2 Å². The van der Waals surface area contributed by atoms with Crippen LogP contribution in [0.5, 0.6) is 0 Å². The number of carbonyl (C=O) groups is 2. The summed E-state index contributed by atoms with van der Waals surface area (Å²) in [5.74, 6) is -1.09. The van der Waals surface area contributed by atoms with Crippen LogP contribution >= 0.6 is 10.1 Å². The molecule has 14 heavy (non-hydrogen) atoms. The van der Waals surface area contributed by atoms with Crippen molar-refractivity contribution in [3.63, 3.8) is 0 Å². The average molecular weight is 282 g/mol. The van der Waals surface area contributed by atoms with Gasteiger partial charge in [0.2, 0.25) is 0 Å². The van der Waals surface area contributed by atoms with Crippen molar-refractivity contribution in [3.05, 3.63) is 29.2 Å². The first kappa shape index (κ1) is 13.4. The van der Waals surface area contributed by atoms with Crippen molar-refractivity contribution in [2.45, 2.75) is 6.04 Å². The molecule has 7 heteroatoms. The number of carboxylic acid groups (broad SMARTS) is 1. The Labute approximate surface area is 98.8 Å². The molecule has 0 aromatic heterocycles. The summed E-state index contributed by atoms with van der Waals surface area (Å²) in [6, 6.07) is -0.975. The summed E-state index contributed by atoms with van der Waals surface area (Å²) in [6.07, 6.45) is 4.24. The van der Waals surface area contributed by atoms with Crippen molar-refractivity contribution in [1.29, 1.82) is 0 Å². The molecule has 0 bridgehead atoms. The van der Waals surface area contributed by atoms with E-state index in [4.69, 9.17) is 5.11 Å². The summed E-state index contributed by atoms with van der Waals surface area (Å²) >= 11 is 7.97. The van der Waals surface area contributed by atoms with E-state index >= 15 is 0 Å². The van der Waals surface area contributed by atoms with Crippen LogP contribution in [0.2, 0.25) is 0 Å². The molecule has 1 unspecified atom stereocenters. The van der Waals surface area contributed by atoms with E-state index in [0.29, 0.717) is 0 Å². The monoisotopic (exact) mass is 281 g/mol. The Morgan fingerprint density at radius 3 is 2.57 bits per heavy atom. The number of carbonyl (C=O) groups excluding carboxylic acids is 1. The van der Waals surface area contributed by atoms with Gasteiger partial charge in [-0.1, -0.05) is 18.2 Å². The molecule has 1 aliphatic rings. The van der Waals surface area contributed by atoms with Gasteiger partial charge in [0.1, 0.15) is 0 Å². The molecule has 0 aliphatic carbocycles. The zero-order valence-corrected chi connectivity index (χ0v) is 9.12. The zero-order chi connectivity index (χ0) is 11.1. The molecule has 0 saturated heterocycles. The van der Waals surface area contributed by atoms with Crippen molar-refractivity contribution in [2.24, 2.45) is 0 Å². The molecule has 0 spiro atoms. The molecule has 82 valence electrons. The fourth-order valence-corrected chi connectivity index (χ4v) is 0.867. The Kier molecular flexibility index (Phi) is 6.57. The third-order valence-electron chi connectivity index (χ3n) is 1.29. The predicted octanol–water partition coefficient (Wildman–Crippen LogP) is 1.03. The Morgan fingerprint density at radius 1 is 1.57 bits per heavy atom. The van der Waals surface area contributed by atoms with E-state index in [1.807, 2.05) is 0 Å². The molecule has 0 amide bonds. The first-order valence-electron chi connectivity index (χ1n) is 3.26. The van der Waals surface area contributed by atoms with Crippen molar-refractivity contribution in [3.8, 4) is 0 Å². The second-order valence-electron chi connectivity index (χ2n) is 2.14. The Bertz CT molecular complexity index is 293. The summed E-state index contributed by atoms with van der Waals surface area (Å²) in [4.78, 5) is 21.0. The van der Waals surface area contributed by atoms with E-state index in [2.05, 4.69) is 43.1 Å². The molecule has 0 aromatic carbocycles. The van der Waals surface area contributed by atoms with Gasteiger partial charge in [-0.15, -0.1) is 5.70 Å². The summed E-state index contributed by atoms with van der Waals surface area (Å²) < 4.78 is 0. The van der Waals surface area contributed by atoms with Crippen molar-refractivity contribution >= 4 is 33.8 Å². The Morgan fingerprint density at radius 2 is 2.14 bits per heavy atom. The third kappa shape index (κ3) is 4.11. The maximum atomic E-state index is 10.6. The molecule has 0 radical (unpaired) electrons. The first-order chi connectivity index (χ1) is 6.61. The van der Waals surface area contributed by atoms with E-state index in [9.17, 15) is 9.59 Å². The van der Waals surface area contributed by atoms with Gasteiger partial charge in [-0.05, 0) is 0 Å². The predicted molar refractivity (Wildman–Crippen MR) is 50.2 cm³/mol. The summed E-state index contributed by atoms with van der Waals surface area (Å²) in [5.41, 5.74) is 0.0277. The minimum absolute atomic E-state index is 0.0277. The van der Waals surface area contributed by atoms with E-state index in [1.54, 1.807) is 0 Å². The third-order valence-corrected chi connectivity index (χ3v) is 1.50. The van der Waals surface area contributed by atoms with Gasteiger partial charge in [0.05, 0.1) is 0 Å². The maximum absolute atomic E-state index is 10.6. The SMILES string of the molecule is O=C([S-])C1=CC=CC(C(=O)O)[N-]1.[Cl][Cu]. The Balaban J connectivity index is 0.000000791. The molecule has 1 aliphatic heterocycles. The van der Waals surface area contributed by atoms with Crippen molar-refractivity contribution in [1.82, 2.24) is 0 Å². The topological polar surface area (TPSA) is 68.5 Å². The van der Waals surface area contributed by atoms with Crippen LogP contribution < -0.4 is 0 Å². The van der Waals surface area contributed by atoms with Crippen molar-refractivity contribution < 1.29 is 29.8 Å². The molecular weight excluding hydrogens is 277 g/mol. The van der Waals surface area contributed by atoms with Gasteiger partial charge in [0.25, 0.3) is 5.97 Å². The number of allylic oxidation sites excluding steroid dienone is 2. The molecule has 0 saturated carbocycles. The number of nitrogens with zero attached hydrogens (tertiary/aromatic N) is 1. The normalized spacial score (nSPS) is 18.5. The number of rotatable bonds is 2. The van der Waals surface area contributed by atoms with Crippen LogP contribution in [0, 0.1) is 0 Å². The molecule has 1 N–H and O–H groups in total. The number of halogens is 1. The number of carboxylic acids is 1. The molecular formula is C7H5ClCuNO3S-2. The van der Waals surface area contributed by atoms with Gasteiger partial charge < -0.3 is 27.8 Å². The minimum atomic E-state index is -1.09. The van der Waals surface area contributed by atoms with Crippen LogP contribution in [0.15, 0.2) is 23.9 Å². The number of hydrogen-bond acceptors (Lipinski definition) is 3. The fourth-order valence-electron chi connectivity index (χ4n) is 0.746. The standard InChI is InChI=1S/C7H6NO3S.ClH.Cu/c9-6(10)4-2-1-3-5(8-4)7(11)12;;/h1-4H,(H,9,10)(H,11,12);1H;/q-1;;+1/p-2. The average Bonchev–Trinajstić information content (AvgIpc) is 2.21. The molecule has 0 aromatic rings. The Hall–Kier alpha value is -0.551. The quantitative estimate of drug-likeness (QED) is 0.606. The first-order valence-corrected chi connectivity index (χ1v) is 4.96. The fraction of sp³-hybridized carbons (Fsp3) is 0.143. The van der Waals surface area contributed by atoms with Crippen LogP contribution in [-0.2, 0) is 37.3 Å². The van der Waals surface area contributed by atoms with Crippen molar-refractivity contribution in [2.75, 3.05) is 0 Å². The number of hydrogen-bond donors (Lipinski definition) is 1. The molecule has 1 atom stereocenters. The zero-order valence-electron chi connectivity index (χ0n) is 6.61. The van der Waals surface area contributed by atoms with E-state index in [-0.39, 0.29) is 5.70 Å². The summed E-state index contributed by atoms with van der Waals surface area (Å²) in [5, 5.41) is 11.5. The van der Waals surface area contributed by atoms with E-state index in [0.717, 1.165) is 0 Å². The van der Waals surface area contributed by atoms with Crippen LogP contribution in [0.4, 0.5) is 0 Å². The van der Waals surface area contributed by atoms with Gasteiger partial charge in [0, 0.05) is 11.2 Å². The summed E-state index contributed by atoms with van der Waals surface area (Å²) in [6.45, 7) is 0. The molecule has 1 heterocycles. The number of aliphatic carboxylic acids is 1. The molecule has 4 nitrogen and oxygen atoms in total. The van der Waals surface area contributed by atoms with Gasteiger partial charge in [-0.2, -0.15) is 0 Å².